The maximum atomic E-state index is 14.1. The number of nitrogens with zero attached hydrogens (tertiary/aromatic N) is 4. The maximum absolute atomic E-state index is 14.1. The molecule has 0 spiro atoms. The van der Waals surface area contributed by atoms with Gasteiger partial charge in [0.1, 0.15) is 23.9 Å². The van der Waals surface area contributed by atoms with E-state index >= 15 is 0 Å². The number of fused-ring (bicyclic) bond motifs is 1. The number of aromatic nitrogens is 3. The van der Waals surface area contributed by atoms with Crippen LogP contribution < -0.4 is 20.3 Å². The van der Waals surface area contributed by atoms with E-state index in [1.54, 1.807) is 55.6 Å². The van der Waals surface area contributed by atoms with E-state index in [-0.39, 0.29) is 24.3 Å². The summed E-state index contributed by atoms with van der Waals surface area (Å²) in [4.78, 5) is 41.0. The summed E-state index contributed by atoms with van der Waals surface area (Å²) in [6, 6.07) is 20.2. The fourth-order valence-electron chi connectivity index (χ4n) is 4.25. The first-order valence-corrected chi connectivity index (χ1v) is 12.5. The number of hydrogen-bond acceptors (Lipinski definition) is 6. The lowest BCUT2D eigenvalue weighted by Crippen LogP contribution is -2.50. The van der Waals surface area contributed by atoms with Crippen LogP contribution in [0.5, 0.6) is 5.75 Å². The van der Waals surface area contributed by atoms with E-state index in [2.05, 4.69) is 20.9 Å². The van der Waals surface area contributed by atoms with Crippen molar-refractivity contribution >= 4 is 40.1 Å². The first-order chi connectivity index (χ1) is 18.6. The summed E-state index contributed by atoms with van der Waals surface area (Å²) in [5.74, 6) is -0.405. The van der Waals surface area contributed by atoms with Gasteiger partial charge in [-0.3, -0.25) is 19.3 Å². The summed E-state index contributed by atoms with van der Waals surface area (Å²) in [5.41, 5.74) is 2.41. The van der Waals surface area contributed by atoms with Crippen LogP contribution in [0.2, 0.25) is 0 Å². The predicted molar refractivity (Wildman–Crippen MR) is 149 cm³/mol. The molecule has 0 bridgehead atoms. The number of amides is 3. The van der Waals surface area contributed by atoms with E-state index in [0.29, 0.717) is 33.7 Å². The van der Waals surface area contributed by atoms with Crippen LogP contribution in [-0.4, -0.2) is 45.4 Å². The van der Waals surface area contributed by atoms with Gasteiger partial charge in [-0.25, -0.2) is 4.68 Å². The molecule has 202 valence electrons. The smallest absolute Gasteiger partial charge is 0.249 e. The number of methoxy groups -OCH3 is 1. The average molecular weight is 529 g/mol. The van der Waals surface area contributed by atoms with Crippen LogP contribution in [0.15, 0.2) is 72.8 Å². The standard InChI is InChI=1S/C29H32N6O4/c1-19(36)30-21-13-15-22(16-14-21)35(26(37)18-34-25-12-7-6-11-24(25)32-33-34)27(28(38)31-29(2,3)4)20-9-8-10-23(17-20)39-5/h6-17,27H,18H2,1-5H3,(H,30,36)(H,31,38)/t27-/m0/s1. The number of para-hydroxylation sites is 1. The lowest BCUT2D eigenvalue weighted by atomic mass is 10.00. The molecule has 0 saturated carbocycles. The number of rotatable bonds is 8. The largest absolute Gasteiger partial charge is 0.497 e. The summed E-state index contributed by atoms with van der Waals surface area (Å²) >= 11 is 0. The molecule has 3 aromatic carbocycles. The van der Waals surface area contributed by atoms with E-state index < -0.39 is 11.6 Å². The van der Waals surface area contributed by atoms with Crippen molar-refractivity contribution in [2.75, 3.05) is 17.3 Å². The van der Waals surface area contributed by atoms with Crippen LogP contribution in [0.1, 0.15) is 39.3 Å². The second kappa shape index (κ2) is 11.3. The third-order valence-corrected chi connectivity index (χ3v) is 5.85. The van der Waals surface area contributed by atoms with E-state index in [4.69, 9.17) is 4.74 Å². The molecule has 1 heterocycles. The van der Waals surface area contributed by atoms with Crippen LogP contribution in [0.3, 0.4) is 0 Å². The summed E-state index contributed by atoms with van der Waals surface area (Å²) in [6.07, 6.45) is 0. The normalized spacial score (nSPS) is 12.0. The van der Waals surface area contributed by atoms with Gasteiger partial charge in [0.05, 0.1) is 12.6 Å². The number of anilines is 2. The third-order valence-electron chi connectivity index (χ3n) is 5.85. The van der Waals surface area contributed by atoms with Gasteiger partial charge in [-0.2, -0.15) is 0 Å². The minimum Gasteiger partial charge on any atom is -0.497 e. The highest BCUT2D eigenvalue weighted by Gasteiger charge is 2.35. The van der Waals surface area contributed by atoms with Gasteiger partial charge in [0.2, 0.25) is 17.7 Å². The zero-order valence-electron chi connectivity index (χ0n) is 22.6. The van der Waals surface area contributed by atoms with E-state index in [0.717, 1.165) is 0 Å². The van der Waals surface area contributed by atoms with Gasteiger partial charge < -0.3 is 15.4 Å². The molecule has 4 rings (SSSR count). The Morgan fingerprint density at radius 2 is 1.72 bits per heavy atom. The van der Waals surface area contributed by atoms with Gasteiger partial charge in [0.25, 0.3) is 0 Å². The van der Waals surface area contributed by atoms with Crippen molar-refractivity contribution in [3.8, 4) is 5.75 Å². The van der Waals surface area contributed by atoms with Crippen molar-refractivity contribution in [3.05, 3.63) is 78.4 Å². The molecule has 1 atom stereocenters. The van der Waals surface area contributed by atoms with E-state index in [1.807, 2.05) is 45.0 Å². The van der Waals surface area contributed by atoms with E-state index in [1.165, 1.54) is 16.5 Å². The Morgan fingerprint density at radius 1 is 1.00 bits per heavy atom. The summed E-state index contributed by atoms with van der Waals surface area (Å²) in [7, 11) is 1.54. The minimum absolute atomic E-state index is 0.156. The van der Waals surface area contributed by atoms with Crippen molar-refractivity contribution in [1.29, 1.82) is 0 Å². The SMILES string of the molecule is COc1cccc([C@@H](C(=O)NC(C)(C)C)N(C(=O)Cn2nnc3ccccc32)c2ccc(NC(C)=O)cc2)c1. The highest BCUT2D eigenvalue weighted by atomic mass is 16.5. The van der Waals surface area contributed by atoms with Gasteiger partial charge >= 0.3 is 0 Å². The Hall–Kier alpha value is -4.73. The van der Waals surface area contributed by atoms with Crippen LogP contribution >= 0.6 is 0 Å². The van der Waals surface area contributed by atoms with Gasteiger partial charge in [0.15, 0.2) is 0 Å². The van der Waals surface area contributed by atoms with Crippen LogP contribution in [0.4, 0.5) is 11.4 Å². The average Bonchev–Trinajstić information content (AvgIpc) is 3.29. The van der Waals surface area contributed by atoms with Gasteiger partial charge in [-0.05, 0) is 74.9 Å². The first kappa shape index (κ1) is 27.3. The molecule has 39 heavy (non-hydrogen) atoms. The van der Waals surface area contributed by atoms with Crippen LogP contribution in [0.25, 0.3) is 11.0 Å². The van der Waals surface area contributed by atoms with Crippen LogP contribution in [0, 0.1) is 0 Å². The van der Waals surface area contributed by atoms with Crippen molar-refractivity contribution in [2.45, 2.75) is 45.8 Å². The molecular weight excluding hydrogens is 496 g/mol. The number of benzene rings is 3. The first-order valence-electron chi connectivity index (χ1n) is 12.5. The molecule has 0 fully saturated rings. The maximum Gasteiger partial charge on any atom is 0.249 e. The predicted octanol–water partition coefficient (Wildman–Crippen LogP) is 4.09. The molecular formula is C29H32N6O4. The third kappa shape index (κ3) is 6.59. The quantitative estimate of drug-likeness (QED) is 0.356. The van der Waals surface area contributed by atoms with Crippen molar-refractivity contribution in [1.82, 2.24) is 20.3 Å². The fraction of sp³-hybridized carbons (Fsp3) is 0.276. The molecule has 0 aliphatic heterocycles. The number of carbonyl (C=O) groups is 3. The topological polar surface area (TPSA) is 118 Å². The molecule has 10 nitrogen and oxygen atoms in total. The van der Waals surface area contributed by atoms with Crippen molar-refractivity contribution < 1.29 is 19.1 Å². The molecule has 0 aliphatic carbocycles. The minimum atomic E-state index is -1.03. The number of nitrogens with one attached hydrogen (secondary N) is 2. The van der Waals surface area contributed by atoms with Crippen molar-refractivity contribution in [2.24, 2.45) is 0 Å². The Labute approximate surface area is 226 Å². The second-order valence-corrected chi connectivity index (χ2v) is 10.1. The van der Waals surface area contributed by atoms with Gasteiger partial charge in [-0.15, -0.1) is 5.10 Å². The fourth-order valence-corrected chi connectivity index (χ4v) is 4.25. The summed E-state index contributed by atoms with van der Waals surface area (Å²) in [5, 5.41) is 14.1. The molecule has 0 unspecified atom stereocenters. The zero-order valence-corrected chi connectivity index (χ0v) is 22.6. The Kier molecular flexibility index (Phi) is 7.94. The van der Waals surface area contributed by atoms with Crippen LogP contribution in [-0.2, 0) is 20.9 Å². The monoisotopic (exact) mass is 528 g/mol. The molecule has 10 heteroatoms. The number of ether oxygens (including phenoxy) is 1. The van der Waals surface area contributed by atoms with E-state index in [9.17, 15) is 14.4 Å². The summed E-state index contributed by atoms with van der Waals surface area (Å²) < 4.78 is 6.93. The number of hydrogen-bond donors (Lipinski definition) is 2. The van der Waals surface area contributed by atoms with Crippen molar-refractivity contribution in [3.63, 3.8) is 0 Å². The van der Waals surface area contributed by atoms with Gasteiger partial charge in [0, 0.05) is 23.8 Å². The zero-order chi connectivity index (χ0) is 28.2. The van der Waals surface area contributed by atoms with Gasteiger partial charge in [-0.1, -0.05) is 29.5 Å². The molecule has 3 amide bonds. The summed E-state index contributed by atoms with van der Waals surface area (Å²) in [6.45, 7) is 6.90. The molecule has 0 aliphatic rings. The Morgan fingerprint density at radius 3 is 2.38 bits per heavy atom. The molecule has 4 aromatic rings. The highest BCUT2D eigenvalue weighted by Crippen LogP contribution is 2.32. The lowest BCUT2D eigenvalue weighted by molar-refractivity contribution is -0.128. The second-order valence-electron chi connectivity index (χ2n) is 10.1. The molecule has 1 aromatic heterocycles. The Bertz CT molecular complexity index is 1490. The lowest BCUT2D eigenvalue weighted by Gasteiger charge is -2.34. The highest BCUT2D eigenvalue weighted by molar-refractivity contribution is 6.02. The molecule has 0 radical (unpaired) electrons. The molecule has 0 saturated heterocycles. The molecule has 2 N–H and O–H groups in total. The Balaban J connectivity index is 1.83. The number of carbonyl (C=O) groups excluding carboxylic acids is 3.